The maximum absolute atomic E-state index is 11.6. The fourth-order valence-electron chi connectivity index (χ4n) is 1.20. The number of nitrogen functional groups attached to an aromatic ring is 1. The SMILES string of the molecule is CCOC(=O)CCNC(=O)c1ncccc1N. The normalized spacial score (nSPS) is 9.71. The highest BCUT2D eigenvalue weighted by molar-refractivity contribution is 5.97. The first kappa shape index (κ1) is 13.0. The first-order valence-electron chi connectivity index (χ1n) is 5.29. The van der Waals surface area contributed by atoms with Gasteiger partial charge >= 0.3 is 5.97 Å². The Balaban J connectivity index is 2.41. The predicted octanol–water partition coefficient (Wildman–Crippen LogP) is 0.347. The van der Waals surface area contributed by atoms with Crippen molar-refractivity contribution in [1.29, 1.82) is 0 Å². The molecule has 1 heterocycles. The molecule has 6 heteroatoms. The molecule has 1 amide bonds. The van der Waals surface area contributed by atoms with E-state index in [0.29, 0.717) is 12.3 Å². The maximum Gasteiger partial charge on any atom is 0.307 e. The van der Waals surface area contributed by atoms with Crippen LogP contribution in [0.4, 0.5) is 5.69 Å². The van der Waals surface area contributed by atoms with Gasteiger partial charge in [-0.1, -0.05) is 0 Å². The third-order valence-electron chi connectivity index (χ3n) is 1.97. The summed E-state index contributed by atoms with van der Waals surface area (Å²) in [7, 11) is 0. The summed E-state index contributed by atoms with van der Waals surface area (Å²) >= 11 is 0. The molecule has 0 saturated heterocycles. The average molecular weight is 237 g/mol. The zero-order valence-electron chi connectivity index (χ0n) is 9.60. The van der Waals surface area contributed by atoms with Gasteiger partial charge < -0.3 is 15.8 Å². The van der Waals surface area contributed by atoms with Gasteiger partial charge in [0.25, 0.3) is 5.91 Å². The van der Waals surface area contributed by atoms with Crippen LogP contribution >= 0.6 is 0 Å². The summed E-state index contributed by atoms with van der Waals surface area (Å²) in [6.07, 6.45) is 1.61. The van der Waals surface area contributed by atoms with E-state index in [1.807, 2.05) is 0 Å². The average Bonchev–Trinajstić information content (AvgIpc) is 2.29. The van der Waals surface area contributed by atoms with Gasteiger partial charge in [0.2, 0.25) is 0 Å². The third-order valence-corrected chi connectivity index (χ3v) is 1.97. The molecule has 0 aliphatic carbocycles. The molecule has 0 radical (unpaired) electrons. The number of ether oxygens (including phenoxy) is 1. The van der Waals surface area contributed by atoms with E-state index in [0.717, 1.165) is 0 Å². The monoisotopic (exact) mass is 237 g/mol. The lowest BCUT2D eigenvalue weighted by atomic mass is 10.3. The zero-order valence-corrected chi connectivity index (χ0v) is 9.60. The molecular weight excluding hydrogens is 222 g/mol. The van der Waals surface area contributed by atoms with Crippen LogP contribution in [0.1, 0.15) is 23.8 Å². The molecule has 0 aromatic carbocycles. The summed E-state index contributed by atoms with van der Waals surface area (Å²) in [5.41, 5.74) is 6.06. The summed E-state index contributed by atoms with van der Waals surface area (Å²) in [6.45, 7) is 2.26. The van der Waals surface area contributed by atoms with Crippen molar-refractivity contribution >= 4 is 17.6 Å². The van der Waals surface area contributed by atoms with E-state index in [1.165, 1.54) is 6.20 Å². The third kappa shape index (κ3) is 4.10. The Morgan fingerprint density at radius 3 is 2.94 bits per heavy atom. The number of pyridine rings is 1. The Bertz CT molecular complexity index is 407. The highest BCUT2D eigenvalue weighted by atomic mass is 16.5. The second-order valence-corrected chi connectivity index (χ2v) is 3.25. The molecule has 1 aromatic heterocycles. The van der Waals surface area contributed by atoms with Crippen LogP contribution in [0.15, 0.2) is 18.3 Å². The Morgan fingerprint density at radius 1 is 1.53 bits per heavy atom. The number of rotatable bonds is 5. The van der Waals surface area contributed by atoms with Crippen molar-refractivity contribution < 1.29 is 14.3 Å². The Kier molecular flexibility index (Phi) is 4.93. The summed E-state index contributed by atoms with van der Waals surface area (Å²) in [4.78, 5) is 26.5. The molecule has 0 spiro atoms. The van der Waals surface area contributed by atoms with Gasteiger partial charge in [-0.25, -0.2) is 4.98 Å². The van der Waals surface area contributed by atoms with Crippen LogP contribution in [0.3, 0.4) is 0 Å². The van der Waals surface area contributed by atoms with E-state index < -0.39 is 5.91 Å². The van der Waals surface area contributed by atoms with Gasteiger partial charge in [-0.3, -0.25) is 9.59 Å². The summed E-state index contributed by atoms with van der Waals surface area (Å²) in [6, 6.07) is 3.23. The zero-order chi connectivity index (χ0) is 12.7. The topological polar surface area (TPSA) is 94.3 Å². The minimum atomic E-state index is -0.396. The number of amides is 1. The number of nitrogens with zero attached hydrogens (tertiary/aromatic N) is 1. The van der Waals surface area contributed by atoms with Gasteiger partial charge in [0.1, 0.15) is 0 Å². The van der Waals surface area contributed by atoms with Crippen molar-refractivity contribution in [2.45, 2.75) is 13.3 Å². The summed E-state index contributed by atoms with van der Waals surface area (Å²) in [5.74, 6) is -0.741. The van der Waals surface area contributed by atoms with E-state index in [4.69, 9.17) is 10.5 Å². The van der Waals surface area contributed by atoms with Crippen LogP contribution in [0.25, 0.3) is 0 Å². The quantitative estimate of drug-likeness (QED) is 0.720. The van der Waals surface area contributed by atoms with Crippen molar-refractivity contribution in [3.63, 3.8) is 0 Å². The van der Waals surface area contributed by atoms with Gasteiger partial charge in [0, 0.05) is 12.7 Å². The van der Waals surface area contributed by atoms with Crippen LogP contribution in [-0.2, 0) is 9.53 Å². The van der Waals surface area contributed by atoms with Gasteiger partial charge in [-0.05, 0) is 19.1 Å². The maximum atomic E-state index is 11.6. The molecular formula is C11H15N3O3. The Hall–Kier alpha value is -2.11. The van der Waals surface area contributed by atoms with E-state index >= 15 is 0 Å². The van der Waals surface area contributed by atoms with E-state index in [2.05, 4.69) is 10.3 Å². The fraction of sp³-hybridized carbons (Fsp3) is 0.364. The van der Waals surface area contributed by atoms with Crippen LogP contribution in [-0.4, -0.2) is 30.0 Å². The van der Waals surface area contributed by atoms with Crippen molar-refractivity contribution in [1.82, 2.24) is 10.3 Å². The molecule has 17 heavy (non-hydrogen) atoms. The van der Waals surface area contributed by atoms with Crippen molar-refractivity contribution in [2.75, 3.05) is 18.9 Å². The molecule has 0 atom stereocenters. The molecule has 0 aliphatic heterocycles. The minimum Gasteiger partial charge on any atom is -0.466 e. The number of aromatic nitrogens is 1. The van der Waals surface area contributed by atoms with Gasteiger partial charge in [0.15, 0.2) is 5.69 Å². The minimum absolute atomic E-state index is 0.131. The number of carbonyl (C=O) groups is 2. The standard InChI is InChI=1S/C11H15N3O3/c1-2-17-9(15)5-7-14-11(16)10-8(12)4-3-6-13-10/h3-4,6H,2,5,7,12H2,1H3,(H,14,16). The van der Waals surface area contributed by atoms with Crippen molar-refractivity contribution in [2.24, 2.45) is 0 Å². The Morgan fingerprint density at radius 2 is 2.29 bits per heavy atom. The predicted molar refractivity (Wildman–Crippen MR) is 62.2 cm³/mol. The molecule has 3 N–H and O–H groups in total. The lowest BCUT2D eigenvalue weighted by Gasteiger charge is -2.06. The highest BCUT2D eigenvalue weighted by Crippen LogP contribution is 2.05. The Labute approximate surface area is 99.2 Å². The number of esters is 1. The molecule has 1 rings (SSSR count). The fourth-order valence-corrected chi connectivity index (χ4v) is 1.20. The van der Waals surface area contributed by atoms with Crippen LogP contribution in [0.5, 0.6) is 0 Å². The first-order chi connectivity index (χ1) is 8.15. The molecule has 0 saturated carbocycles. The van der Waals surface area contributed by atoms with E-state index in [-0.39, 0.29) is 24.6 Å². The summed E-state index contributed by atoms with van der Waals surface area (Å²) in [5, 5.41) is 2.55. The van der Waals surface area contributed by atoms with Crippen LogP contribution in [0.2, 0.25) is 0 Å². The highest BCUT2D eigenvalue weighted by Gasteiger charge is 2.10. The molecule has 0 aliphatic rings. The molecule has 0 unspecified atom stereocenters. The molecule has 0 bridgehead atoms. The van der Waals surface area contributed by atoms with Crippen LogP contribution < -0.4 is 11.1 Å². The van der Waals surface area contributed by atoms with E-state index in [1.54, 1.807) is 19.1 Å². The number of carbonyl (C=O) groups excluding carboxylic acids is 2. The van der Waals surface area contributed by atoms with Gasteiger partial charge in [-0.15, -0.1) is 0 Å². The second kappa shape index (κ2) is 6.47. The number of anilines is 1. The molecule has 1 aromatic rings. The number of nitrogens with two attached hydrogens (primary N) is 1. The molecule has 92 valence electrons. The smallest absolute Gasteiger partial charge is 0.307 e. The van der Waals surface area contributed by atoms with Gasteiger partial charge in [-0.2, -0.15) is 0 Å². The van der Waals surface area contributed by atoms with E-state index in [9.17, 15) is 9.59 Å². The van der Waals surface area contributed by atoms with Gasteiger partial charge in [0.05, 0.1) is 18.7 Å². The van der Waals surface area contributed by atoms with Crippen LogP contribution in [0, 0.1) is 0 Å². The lowest BCUT2D eigenvalue weighted by molar-refractivity contribution is -0.142. The summed E-state index contributed by atoms with van der Waals surface area (Å²) < 4.78 is 4.72. The lowest BCUT2D eigenvalue weighted by Crippen LogP contribution is -2.28. The number of hydrogen-bond donors (Lipinski definition) is 2. The number of nitrogens with one attached hydrogen (secondary N) is 1. The second-order valence-electron chi connectivity index (χ2n) is 3.25. The van der Waals surface area contributed by atoms with Crippen molar-refractivity contribution in [3.8, 4) is 0 Å². The molecule has 6 nitrogen and oxygen atoms in total. The first-order valence-corrected chi connectivity index (χ1v) is 5.29. The largest absolute Gasteiger partial charge is 0.466 e. The molecule has 0 fully saturated rings. The van der Waals surface area contributed by atoms with Crippen molar-refractivity contribution in [3.05, 3.63) is 24.0 Å². The number of hydrogen-bond acceptors (Lipinski definition) is 5.